The molecule has 1 N–H and O–H groups in total. The molecule has 0 aliphatic heterocycles. The second kappa shape index (κ2) is 7.77. The molecule has 1 unspecified atom stereocenters. The first-order valence-corrected chi connectivity index (χ1v) is 7.80. The highest BCUT2D eigenvalue weighted by Crippen LogP contribution is 2.26. The summed E-state index contributed by atoms with van der Waals surface area (Å²) in [7, 11) is 1.62. The van der Waals surface area contributed by atoms with Crippen molar-refractivity contribution in [1.82, 2.24) is 5.43 Å². The second-order valence-electron chi connectivity index (χ2n) is 5.99. The van der Waals surface area contributed by atoms with Gasteiger partial charge in [-0.3, -0.25) is 4.79 Å². The molecule has 0 spiro atoms. The predicted octanol–water partition coefficient (Wildman–Crippen LogP) is 3.64. The van der Waals surface area contributed by atoms with E-state index in [0.29, 0.717) is 12.3 Å². The lowest BCUT2D eigenvalue weighted by Crippen LogP contribution is -2.24. The molecule has 0 fully saturated rings. The molecular weight excluding hydrogens is 288 g/mol. The molecule has 0 radical (unpaired) electrons. The van der Waals surface area contributed by atoms with Crippen LogP contribution in [-0.2, 0) is 11.2 Å². The molecule has 1 amide bonds. The van der Waals surface area contributed by atoms with Crippen LogP contribution in [0.4, 0.5) is 0 Å². The number of ether oxygens (including phenoxy) is 1. The minimum atomic E-state index is -0.118. The van der Waals surface area contributed by atoms with Crippen LogP contribution < -0.4 is 10.2 Å². The van der Waals surface area contributed by atoms with Crippen molar-refractivity contribution in [3.63, 3.8) is 0 Å². The molecule has 1 atom stereocenters. The maximum atomic E-state index is 12.0. The van der Waals surface area contributed by atoms with Gasteiger partial charge in [0.2, 0.25) is 5.91 Å². The number of methoxy groups -OCH3 is 1. The van der Waals surface area contributed by atoms with Crippen molar-refractivity contribution >= 4 is 11.6 Å². The van der Waals surface area contributed by atoms with E-state index in [1.165, 1.54) is 0 Å². The molecule has 0 saturated heterocycles. The predicted molar refractivity (Wildman–Crippen MR) is 93.6 cm³/mol. The lowest BCUT2D eigenvalue weighted by atomic mass is 9.85. The third-order valence-electron chi connectivity index (χ3n) is 4.14. The number of nitrogens with zero attached hydrogens (tertiary/aromatic N) is 1. The molecular formula is C19H24N2O2. The van der Waals surface area contributed by atoms with Gasteiger partial charge in [0.25, 0.3) is 0 Å². The van der Waals surface area contributed by atoms with Crippen molar-refractivity contribution in [3.05, 3.63) is 53.6 Å². The Kier molecular flexibility index (Phi) is 5.74. The van der Waals surface area contributed by atoms with E-state index in [9.17, 15) is 4.79 Å². The molecule has 0 saturated carbocycles. The van der Waals surface area contributed by atoms with Crippen molar-refractivity contribution in [2.75, 3.05) is 7.11 Å². The zero-order chi connectivity index (χ0) is 16.8. The highest BCUT2D eigenvalue weighted by atomic mass is 16.5. The number of carbonyl (C=O) groups is 1. The molecule has 1 aromatic rings. The number of hydrogen-bond donors (Lipinski definition) is 1. The van der Waals surface area contributed by atoms with Crippen molar-refractivity contribution in [1.29, 1.82) is 0 Å². The van der Waals surface area contributed by atoms with Gasteiger partial charge in [0.05, 0.1) is 19.2 Å². The van der Waals surface area contributed by atoms with Crippen LogP contribution in [0.15, 0.2) is 53.2 Å². The Balaban J connectivity index is 1.95. The van der Waals surface area contributed by atoms with Crippen LogP contribution in [0.2, 0.25) is 0 Å². The van der Waals surface area contributed by atoms with Gasteiger partial charge in [0.1, 0.15) is 5.75 Å². The van der Waals surface area contributed by atoms with Gasteiger partial charge < -0.3 is 4.74 Å². The average molecular weight is 312 g/mol. The maximum Gasteiger partial charge on any atom is 0.244 e. The smallest absolute Gasteiger partial charge is 0.244 e. The van der Waals surface area contributed by atoms with E-state index in [2.05, 4.69) is 23.2 Å². The van der Waals surface area contributed by atoms with Gasteiger partial charge in [0, 0.05) is 0 Å². The zero-order valence-corrected chi connectivity index (χ0v) is 14.1. The summed E-state index contributed by atoms with van der Waals surface area (Å²) in [5.74, 6) is 1.08. The highest BCUT2D eigenvalue weighted by molar-refractivity contribution is 6.01. The first-order chi connectivity index (χ1) is 11.0. The Morgan fingerprint density at radius 2 is 2.09 bits per heavy atom. The standard InChI is InChI=1S/C19H24N2O2/c1-13(2)16-8-5-14(3)18(12-16)20-21-19(22)11-15-6-9-17(23-4)10-7-15/h5-7,9-10,16H,1,8,11-12H2,2-4H3,(H,21,22)/b20-18-. The van der Waals surface area contributed by atoms with Crippen LogP contribution in [0.1, 0.15) is 32.3 Å². The number of amides is 1. The fourth-order valence-electron chi connectivity index (χ4n) is 2.52. The van der Waals surface area contributed by atoms with Gasteiger partial charge in [-0.25, -0.2) is 5.43 Å². The van der Waals surface area contributed by atoms with E-state index in [1.54, 1.807) is 7.11 Å². The molecule has 1 aromatic carbocycles. The first kappa shape index (κ1) is 17.0. The van der Waals surface area contributed by atoms with Crippen molar-refractivity contribution in [3.8, 4) is 5.75 Å². The first-order valence-electron chi connectivity index (χ1n) is 7.80. The molecule has 1 aliphatic rings. The van der Waals surface area contributed by atoms with Crippen LogP contribution in [0, 0.1) is 5.92 Å². The van der Waals surface area contributed by atoms with Gasteiger partial charge >= 0.3 is 0 Å². The Morgan fingerprint density at radius 3 is 2.70 bits per heavy atom. The molecule has 4 heteroatoms. The number of nitrogens with one attached hydrogen (secondary N) is 1. The van der Waals surface area contributed by atoms with E-state index in [4.69, 9.17) is 4.74 Å². The van der Waals surface area contributed by atoms with Crippen LogP contribution in [-0.4, -0.2) is 18.7 Å². The zero-order valence-electron chi connectivity index (χ0n) is 14.1. The SMILES string of the molecule is C=C(C)C1CC=C(C)/C(=N\NC(=O)Cc2ccc(OC)cc2)C1. The highest BCUT2D eigenvalue weighted by Gasteiger charge is 2.18. The summed E-state index contributed by atoms with van der Waals surface area (Å²) in [5.41, 5.74) is 6.82. The summed E-state index contributed by atoms with van der Waals surface area (Å²) in [4.78, 5) is 12.0. The normalized spacial score (nSPS) is 19.2. The molecule has 2 rings (SSSR count). The Hall–Kier alpha value is -2.36. The summed E-state index contributed by atoms with van der Waals surface area (Å²) in [5, 5.41) is 4.31. The molecule has 122 valence electrons. The average Bonchev–Trinajstić information content (AvgIpc) is 2.54. The topological polar surface area (TPSA) is 50.7 Å². The van der Waals surface area contributed by atoms with Crippen LogP contribution in [0.25, 0.3) is 0 Å². The van der Waals surface area contributed by atoms with Gasteiger partial charge in [-0.05, 0) is 55.9 Å². The van der Waals surface area contributed by atoms with Crippen molar-refractivity contribution in [2.45, 2.75) is 33.1 Å². The van der Waals surface area contributed by atoms with Crippen molar-refractivity contribution in [2.24, 2.45) is 11.0 Å². The van der Waals surface area contributed by atoms with E-state index in [0.717, 1.165) is 41.0 Å². The number of allylic oxidation sites excluding steroid dienone is 3. The third kappa shape index (κ3) is 4.81. The van der Waals surface area contributed by atoms with Crippen LogP contribution >= 0.6 is 0 Å². The number of carbonyl (C=O) groups excluding carboxylic acids is 1. The molecule has 0 heterocycles. The maximum absolute atomic E-state index is 12.0. The van der Waals surface area contributed by atoms with E-state index < -0.39 is 0 Å². The summed E-state index contributed by atoms with van der Waals surface area (Å²) in [6, 6.07) is 7.46. The number of rotatable bonds is 5. The quantitative estimate of drug-likeness (QED) is 0.666. The Bertz CT molecular complexity index is 642. The molecule has 4 nitrogen and oxygen atoms in total. The van der Waals surface area contributed by atoms with Crippen LogP contribution in [0.3, 0.4) is 0 Å². The van der Waals surface area contributed by atoms with Crippen molar-refractivity contribution < 1.29 is 9.53 Å². The minimum absolute atomic E-state index is 0.118. The van der Waals surface area contributed by atoms with E-state index >= 15 is 0 Å². The van der Waals surface area contributed by atoms with Gasteiger partial charge in [-0.15, -0.1) is 0 Å². The van der Waals surface area contributed by atoms with Gasteiger partial charge in [-0.1, -0.05) is 30.4 Å². The van der Waals surface area contributed by atoms with E-state index in [-0.39, 0.29) is 5.91 Å². The summed E-state index contributed by atoms with van der Waals surface area (Å²) < 4.78 is 5.11. The van der Waals surface area contributed by atoms with Gasteiger partial charge in [-0.2, -0.15) is 5.10 Å². The van der Waals surface area contributed by atoms with Crippen LogP contribution in [0.5, 0.6) is 5.75 Å². The monoisotopic (exact) mass is 312 g/mol. The Morgan fingerprint density at radius 1 is 1.39 bits per heavy atom. The minimum Gasteiger partial charge on any atom is -0.497 e. The molecule has 23 heavy (non-hydrogen) atoms. The lowest BCUT2D eigenvalue weighted by Gasteiger charge is -2.22. The van der Waals surface area contributed by atoms with E-state index in [1.807, 2.05) is 38.1 Å². The lowest BCUT2D eigenvalue weighted by molar-refractivity contribution is -0.120. The van der Waals surface area contributed by atoms with Gasteiger partial charge in [0.15, 0.2) is 0 Å². The second-order valence-corrected chi connectivity index (χ2v) is 5.99. The summed E-state index contributed by atoms with van der Waals surface area (Å²) in [6.45, 7) is 8.09. The third-order valence-corrected chi connectivity index (χ3v) is 4.14. The molecule has 1 aliphatic carbocycles. The fourth-order valence-corrected chi connectivity index (χ4v) is 2.52. The number of hydrogen-bond acceptors (Lipinski definition) is 3. The Labute approximate surface area is 137 Å². The molecule has 0 aromatic heterocycles. The fraction of sp³-hybridized carbons (Fsp3) is 0.368. The summed E-state index contributed by atoms with van der Waals surface area (Å²) >= 11 is 0. The largest absolute Gasteiger partial charge is 0.497 e. The number of benzene rings is 1. The number of hydrazone groups is 1. The summed E-state index contributed by atoms with van der Waals surface area (Å²) in [6.07, 6.45) is 4.30. The molecule has 0 bridgehead atoms.